The first-order valence-electron chi connectivity index (χ1n) is 9.88. The van der Waals surface area contributed by atoms with Crippen LogP contribution >= 0.6 is 0 Å². The second-order valence-electron chi connectivity index (χ2n) is 8.82. The third kappa shape index (κ3) is 4.29. The first kappa shape index (κ1) is 20.6. The number of benzene rings is 2. The molecule has 3 atom stereocenters. The number of nitrogens with zero attached hydrogens (tertiary/aromatic N) is 1. The minimum Gasteiger partial charge on any atom is -0.467 e. The van der Waals surface area contributed by atoms with Crippen molar-refractivity contribution in [2.24, 2.45) is 4.99 Å². The summed E-state index contributed by atoms with van der Waals surface area (Å²) in [5, 5.41) is 0.101. The van der Waals surface area contributed by atoms with Crippen molar-refractivity contribution in [2.45, 2.75) is 57.2 Å². The van der Waals surface area contributed by atoms with Gasteiger partial charge in [0.25, 0.3) is 0 Å². The van der Waals surface area contributed by atoms with Gasteiger partial charge in [0.05, 0.1) is 0 Å². The molecular weight excluding hydrogens is 362 g/mol. The average Bonchev–Trinajstić information content (AvgIpc) is 2.68. The van der Waals surface area contributed by atoms with Gasteiger partial charge in [-0.2, -0.15) is 0 Å². The summed E-state index contributed by atoms with van der Waals surface area (Å²) in [5.41, 5.74) is 2.11. The summed E-state index contributed by atoms with van der Waals surface area (Å²) >= 11 is 0. The summed E-state index contributed by atoms with van der Waals surface area (Å²) in [5.74, 6) is 0.648. The van der Waals surface area contributed by atoms with Gasteiger partial charge in [-0.15, -0.1) is 0 Å². The smallest absolute Gasteiger partial charge is 0.217 e. The van der Waals surface area contributed by atoms with E-state index in [2.05, 4.69) is 64.7 Å². The topological polar surface area (TPSA) is 30.8 Å². The highest BCUT2D eigenvalue weighted by molar-refractivity contribution is 6.74. The summed E-state index contributed by atoms with van der Waals surface area (Å²) < 4.78 is 13.1. The van der Waals surface area contributed by atoms with Crippen molar-refractivity contribution in [3.8, 4) is 0 Å². The van der Waals surface area contributed by atoms with Gasteiger partial charge >= 0.3 is 0 Å². The van der Waals surface area contributed by atoms with Gasteiger partial charge in [0.1, 0.15) is 18.2 Å². The number of hydrogen-bond acceptors (Lipinski definition) is 3. The van der Waals surface area contributed by atoms with Crippen LogP contribution in [-0.4, -0.2) is 26.4 Å². The van der Waals surface area contributed by atoms with Crippen molar-refractivity contribution in [2.75, 3.05) is 0 Å². The van der Waals surface area contributed by atoms with Gasteiger partial charge in [0.2, 0.25) is 5.90 Å². The van der Waals surface area contributed by atoms with Gasteiger partial charge in [0.15, 0.2) is 8.32 Å². The van der Waals surface area contributed by atoms with E-state index in [0.717, 1.165) is 11.1 Å². The van der Waals surface area contributed by atoms with E-state index in [1.807, 2.05) is 42.5 Å². The molecule has 0 N–H and O–H groups in total. The Balaban J connectivity index is 2.06. The van der Waals surface area contributed by atoms with E-state index in [1.54, 1.807) is 0 Å². The Morgan fingerprint density at radius 2 is 1.57 bits per heavy atom. The average molecular weight is 394 g/mol. The normalized spacial score (nSPS) is 22.9. The van der Waals surface area contributed by atoms with Crippen LogP contribution in [0, 0.1) is 0 Å². The van der Waals surface area contributed by atoms with Gasteiger partial charge in [-0.25, -0.2) is 4.99 Å². The van der Waals surface area contributed by atoms with E-state index in [-0.39, 0.29) is 23.3 Å². The molecule has 0 aromatic heterocycles. The Hall–Kier alpha value is -2.17. The van der Waals surface area contributed by atoms with Crippen molar-refractivity contribution in [1.29, 1.82) is 0 Å². The molecule has 0 amide bonds. The molecular formula is C24H31NO2Si. The lowest BCUT2D eigenvalue weighted by Crippen LogP contribution is -2.51. The van der Waals surface area contributed by atoms with E-state index in [4.69, 9.17) is 14.2 Å². The van der Waals surface area contributed by atoms with Gasteiger partial charge < -0.3 is 9.16 Å². The molecule has 0 saturated heterocycles. The molecule has 148 valence electrons. The van der Waals surface area contributed by atoms with Crippen LogP contribution in [0.15, 0.2) is 78.3 Å². The third-order valence-corrected chi connectivity index (χ3v) is 10.2. The van der Waals surface area contributed by atoms with Crippen molar-refractivity contribution in [3.63, 3.8) is 0 Å². The van der Waals surface area contributed by atoms with E-state index in [9.17, 15) is 0 Å². The lowest BCUT2D eigenvalue weighted by Gasteiger charge is -2.44. The maximum Gasteiger partial charge on any atom is 0.217 e. The second-order valence-corrected chi connectivity index (χ2v) is 13.6. The summed E-state index contributed by atoms with van der Waals surface area (Å²) in [4.78, 5) is 5.01. The highest BCUT2D eigenvalue weighted by Crippen LogP contribution is 2.41. The molecule has 2 aromatic carbocycles. The molecule has 0 spiro atoms. The fourth-order valence-electron chi connectivity index (χ4n) is 3.07. The molecule has 1 aliphatic rings. The van der Waals surface area contributed by atoms with Crippen LogP contribution in [0.1, 0.15) is 37.9 Å². The fraction of sp³-hybridized carbons (Fsp3) is 0.375. The zero-order chi connectivity index (χ0) is 20.4. The van der Waals surface area contributed by atoms with Crippen LogP contribution in [0.4, 0.5) is 0 Å². The molecule has 3 rings (SSSR count). The first-order valence-corrected chi connectivity index (χ1v) is 12.8. The predicted octanol–water partition coefficient (Wildman–Crippen LogP) is 6.15. The lowest BCUT2D eigenvalue weighted by molar-refractivity contribution is 0.0323. The zero-order valence-corrected chi connectivity index (χ0v) is 18.6. The van der Waals surface area contributed by atoms with Crippen molar-refractivity contribution >= 4 is 14.2 Å². The van der Waals surface area contributed by atoms with E-state index in [1.165, 1.54) is 0 Å². The molecule has 0 saturated carbocycles. The van der Waals surface area contributed by atoms with Gasteiger partial charge in [-0.3, -0.25) is 0 Å². The Kier molecular flexibility index (Phi) is 5.92. The van der Waals surface area contributed by atoms with Crippen LogP contribution in [0.5, 0.6) is 0 Å². The van der Waals surface area contributed by atoms with Crippen LogP contribution in [0.25, 0.3) is 0 Å². The van der Waals surface area contributed by atoms with Gasteiger partial charge in [-0.1, -0.05) is 75.9 Å². The van der Waals surface area contributed by atoms with E-state index in [0.29, 0.717) is 5.90 Å². The standard InChI is InChI=1S/C24H31NO2Si/c1-7-20-22(27-28(5,6)24(2,3)4)21(18-14-10-8-11-15-18)25-23(26-20)19-16-12-9-13-17-19/h7-17,20-22H,1H2,2-6H3/t20-,21-,22+/m0/s1. The maximum atomic E-state index is 6.83. The molecule has 1 heterocycles. The largest absolute Gasteiger partial charge is 0.467 e. The van der Waals surface area contributed by atoms with Crippen molar-refractivity contribution < 1.29 is 9.16 Å². The summed E-state index contributed by atoms with van der Waals surface area (Å²) in [6, 6.07) is 20.3. The molecule has 2 aromatic rings. The molecule has 0 bridgehead atoms. The molecule has 4 heteroatoms. The quantitative estimate of drug-likeness (QED) is 0.450. The number of rotatable bonds is 5. The molecule has 0 radical (unpaired) electrons. The van der Waals surface area contributed by atoms with Crippen LogP contribution in [0.2, 0.25) is 18.1 Å². The van der Waals surface area contributed by atoms with E-state index >= 15 is 0 Å². The highest BCUT2D eigenvalue weighted by Gasteiger charge is 2.45. The minimum atomic E-state index is -2.02. The molecule has 3 nitrogen and oxygen atoms in total. The number of aliphatic imine (C=N–C) groups is 1. The first-order chi connectivity index (χ1) is 13.2. The molecule has 0 fully saturated rings. The van der Waals surface area contributed by atoms with Crippen LogP contribution in [0.3, 0.4) is 0 Å². The molecule has 28 heavy (non-hydrogen) atoms. The Labute approximate surface area is 170 Å². The Morgan fingerprint density at radius 1 is 1.00 bits per heavy atom. The molecule has 1 aliphatic heterocycles. The third-order valence-electron chi connectivity index (χ3n) is 5.77. The number of hydrogen-bond donors (Lipinski definition) is 0. The van der Waals surface area contributed by atoms with E-state index < -0.39 is 8.32 Å². The van der Waals surface area contributed by atoms with Crippen LogP contribution in [-0.2, 0) is 9.16 Å². The monoisotopic (exact) mass is 393 g/mol. The maximum absolute atomic E-state index is 6.83. The van der Waals surface area contributed by atoms with Crippen molar-refractivity contribution in [1.82, 2.24) is 0 Å². The van der Waals surface area contributed by atoms with Gasteiger partial charge in [0, 0.05) is 5.56 Å². The summed E-state index contributed by atoms with van der Waals surface area (Å²) in [6.45, 7) is 15.3. The Bertz CT molecular complexity index is 825. The molecule has 0 aliphatic carbocycles. The summed E-state index contributed by atoms with van der Waals surface area (Å²) in [6.07, 6.45) is 1.39. The highest BCUT2D eigenvalue weighted by atomic mass is 28.4. The molecule has 0 unspecified atom stereocenters. The van der Waals surface area contributed by atoms with Gasteiger partial charge in [-0.05, 0) is 41.9 Å². The number of ether oxygens (including phenoxy) is 1. The Morgan fingerprint density at radius 3 is 2.11 bits per heavy atom. The van der Waals surface area contributed by atoms with Crippen LogP contribution < -0.4 is 0 Å². The lowest BCUT2D eigenvalue weighted by atomic mass is 9.96. The van der Waals surface area contributed by atoms with Crippen molar-refractivity contribution in [3.05, 3.63) is 84.4 Å². The fourth-order valence-corrected chi connectivity index (χ4v) is 4.37. The predicted molar refractivity (Wildman–Crippen MR) is 119 cm³/mol. The minimum absolute atomic E-state index is 0.101. The summed E-state index contributed by atoms with van der Waals surface area (Å²) in [7, 11) is -2.02. The SMILES string of the molecule is C=C[C@@H]1OC(c2ccccc2)=N[C@@H](c2ccccc2)[C@@H]1O[Si](C)(C)C(C)(C)C. The second kappa shape index (κ2) is 8.06. The zero-order valence-electron chi connectivity index (χ0n) is 17.6.